The first-order chi connectivity index (χ1) is 22.0. The van der Waals surface area contributed by atoms with Gasteiger partial charge in [-0.25, -0.2) is 4.90 Å². The number of imide groups is 1. The van der Waals surface area contributed by atoms with Crippen LogP contribution in [-0.4, -0.2) is 27.5 Å². The molecule has 7 rings (SSSR count). The number of thioether (sulfide) groups is 1. The molecule has 3 atom stereocenters. The number of benzene rings is 4. The Bertz CT molecular complexity index is 2110. The van der Waals surface area contributed by atoms with Gasteiger partial charge in [-0.05, 0) is 52.7 Å². The quantitative estimate of drug-likeness (QED) is 0.199. The second-order valence-electron chi connectivity index (χ2n) is 10.9. The van der Waals surface area contributed by atoms with Crippen LogP contribution in [-0.2, 0) is 27.1 Å². The second-order valence-corrected chi connectivity index (χ2v) is 13.4. The lowest BCUT2D eigenvalue weighted by molar-refractivity contribution is -0.137. The number of rotatable bonds is 5. The zero-order valence-corrected chi connectivity index (χ0v) is 25.8. The summed E-state index contributed by atoms with van der Waals surface area (Å²) in [6, 6.07) is 24.0. The van der Waals surface area contributed by atoms with Crippen molar-refractivity contribution in [3.8, 4) is 0 Å². The number of hydrogen-bond acceptors (Lipinski definition) is 6. The SMILES string of the molecule is O=C(Cn1c2c(sc1=O)C(c1ccc(Cl)cc1)C1C(=O)N(c3ccccc3C(F)(F)F)C(=O)C1S2)Nc1ccc2ccccc2c1. The Morgan fingerprint density at radius 3 is 2.30 bits per heavy atom. The number of para-hydroxylation sites is 1. The van der Waals surface area contributed by atoms with Crippen molar-refractivity contribution >= 4 is 74.6 Å². The first kappa shape index (κ1) is 30.3. The molecule has 46 heavy (non-hydrogen) atoms. The number of nitrogens with zero attached hydrogens (tertiary/aromatic N) is 2. The number of nitrogens with one attached hydrogen (secondary N) is 1. The van der Waals surface area contributed by atoms with Crippen LogP contribution < -0.4 is 15.1 Å². The van der Waals surface area contributed by atoms with Crippen molar-refractivity contribution in [2.75, 3.05) is 10.2 Å². The fourth-order valence-electron chi connectivity index (χ4n) is 6.04. The third-order valence-corrected chi connectivity index (χ3v) is 10.9. The third kappa shape index (κ3) is 5.20. The molecule has 0 spiro atoms. The molecule has 13 heteroatoms. The number of halogens is 4. The highest BCUT2D eigenvalue weighted by Gasteiger charge is 2.57. The van der Waals surface area contributed by atoms with E-state index in [1.54, 1.807) is 30.3 Å². The predicted molar refractivity (Wildman–Crippen MR) is 172 cm³/mol. The fraction of sp³-hybridized carbons (Fsp3) is 0.152. The Kier molecular flexibility index (Phi) is 7.53. The van der Waals surface area contributed by atoms with E-state index in [1.165, 1.54) is 16.7 Å². The first-order valence-electron chi connectivity index (χ1n) is 14.0. The van der Waals surface area contributed by atoms with E-state index in [9.17, 15) is 32.3 Å². The van der Waals surface area contributed by atoms with Crippen molar-refractivity contribution in [3.05, 3.63) is 122 Å². The van der Waals surface area contributed by atoms with Crippen molar-refractivity contribution in [2.24, 2.45) is 5.92 Å². The number of carbonyl (C=O) groups excluding carboxylic acids is 3. The molecule has 5 aromatic rings. The van der Waals surface area contributed by atoms with Gasteiger partial charge in [0.15, 0.2) is 0 Å². The Morgan fingerprint density at radius 1 is 0.870 bits per heavy atom. The van der Waals surface area contributed by atoms with E-state index in [4.69, 9.17) is 11.6 Å². The lowest BCUT2D eigenvalue weighted by atomic mass is 9.83. The smallest absolute Gasteiger partial charge is 0.325 e. The molecule has 2 aliphatic rings. The van der Waals surface area contributed by atoms with Gasteiger partial charge in [0, 0.05) is 21.5 Å². The number of thiazole rings is 1. The molecule has 4 aromatic carbocycles. The van der Waals surface area contributed by atoms with Gasteiger partial charge in [0.1, 0.15) is 11.8 Å². The normalized spacial score (nSPS) is 19.3. The van der Waals surface area contributed by atoms with Crippen molar-refractivity contribution in [3.63, 3.8) is 0 Å². The minimum Gasteiger partial charge on any atom is -0.325 e. The summed E-state index contributed by atoms with van der Waals surface area (Å²) in [5, 5.41) is 4.30. The van der Waals surface area contributed by atoms with E-state index in [0.717, 1.165) is 46.0 Å². The van der Waals surface area contributed by atoms with Crippen LogP contribution >= 0.6 is 34.7 Å². The number of anilines is 2. The minimum absolute atomic E-state index is 0.317. The molecule has 232 valence electrons. The summed E-state index contributed by atoms with van der Waals surface area (Å²) >= 11 is 7.89. The van der Waals surface area contributed by atoms with Gasteiger partial charge in [0.2, 0.25) is 17.7 Å². The number of hydrogen-bond donors (Lipinski definition) is 1. The summed E-state index contributed by atoms with van der Waals surface area (Å²) in [5.74, 6) is -4.07. The van der Waals surface area contributed by atoms with Gasteiger partial charge in [-0.2, -0.15) is 13.2 Å². The lowest BCUT2D eigenvalue weighted by Crippen LogP contribution is -2.33. The molecule has 1 fully saturated rings. The van der Waals surface area contributed by atoms with E-state index < -0.39 is 57.1 Å². The van der Waals surface area contributed by atoms with E-state index in [-0.39, 0.29) is 6.54 Å². The van der Waals surface area contributed by atoms with Crippen LogP contribution in [0.15, 0.2) is 101 Å². The highest BCUT2D eigenvalue weighted by molar-refractivity contribution is 8.00. The van der Waals surface area contributed by atoms with Crippen molar-refractivity contribution in [1.82, 2.24) is 4.57 Å². The molecule has 1 N–H and O–H groups in total. The summed E-state index contributed by atoms with van der Waals surface area (Å²) in [7, 11) is 0. The third-order valence-electron chi connectivity index (χ3n) is 8.06. The molecule has 7 nitrogen and oxygen atoms in total. The monoisotopic (exact) mass is 679 g/mol. The Balaban J connectivity index is 1.28. The largest absolute Gasteiger partial charge is 0.418 e. The standard InChI is InChI=1S/C33H21ClF3N3O4S2/c34-20-12-9-18(10-13-20)25-26-27(30(43)40(29(26)42)23-8-4-3-7-22(23)33(35,36)37)45-31-28(25)46-32(44)39(31)16-24(41)38-21-14-11-17-5-1-2-6-19(17)15-21/h1-15,25-27H,16H2,(H,38,41). The summed E-state index contributed by atoms with van der Waals surface area (Å²) in [6.45, 7) is -0.377. The maximum Gasteiger partial charge on any atom is 0.418 e. The van der Waals surface area contributed by atoms with Crippen LogP contribution in [0.4, 0.5) is 24.5 Å². The van der Waals surface area contributed by atoms with Crippen LogP contribution in [0.25, 0.3) is 10.8 Å². The molecule has 0 saturated carbocycles. The van der Waals surface area contributed by atoms with E-state index in [2.05, 4.69) is 5.32 Å². The van der Waals surface area contributed by atoms with Gasteiger partial charge < -0.3 is 5.32 Å². The molecular formula is C33H21ClF3N3O4S2. The fourth-order valence-corrected chi connectivity index (χ4v) is 8.94. The predicted octanol–water partition coefficient (Wildman–Crippen LogP) is 7.17. The maximum absolute atomic E-state index is 14.0. The van der Waals surface area contributed by atoms with Gasteiger partial charge in [0.05, 0.1) is 22.2 Å². The molecule has 0 radical (unpaired) electrons. The average molecular weight is 680 g/mol. The van der Waals surface area contributed by atoms with Gasteiger partial charge >= 0.3 is 11.0 Å². The van der Waals surface area contributed by atoms with Gasteiger partial charge in [0.25, 0.3) is 0 Å². The number of aromatic nitrogens is 1. The zero-order chi connectivity index (χ0) is 32.3. The molecule has 1 saturated heterocycles. The highest BCUT2D eigenvalue weighted by Crippen LogP contribution is 2.54. The molecule has 2 aliphatic heterocycles. The molecule has 0 bridgehead atoms. The van der Waals surface area contributed by atoms with Crippen molar-refractivity contribution < 1.29 is 27.6 Å². The Hall–Kier alpha value is -4.39. The Labute approximate surface area is 272 Å². The topological polar surface area (TPSA) is 88.5 Å². The van der Waals surface area contributed by atoms with Crippen LogP contribution in [0.5, 0.6) is 0 Å². The number of fused-ring (bicyclic) bond motifs is 3. The van der Waals surface area contributed by atoms with E-state index in [1.807, 2.05) is 36.4 Å². The van der Waals surface area contributed by atoms with Gasteiger partial charge in [-0.1, -0.05) is 89.3 Å². The summed E-state index contributed by atoms with van der Waals surface area (Å²) < 4.78 is 43.2. The van der Waals surface area contributed by atoms with Gasteiger partial charge in [-0.3, -0.25) is 23.7 Å². The van der Waals surface area contributed by atoms with Crippen LogP contribution in [0.3, 0.4) is 0 Å². The average Bonchev–Trinajstić information content (AvgIpc) is 3.47. The maximum atomic E-state index is 14.0. The van der Waals surface area contributed by atoms with E-state index >= 15 is 0 Å². The molecule has 0 aliphatic carbocycles. The molecule has 3 unspecified atom stereocenters. The van der Waals surface area contributed by atoms with Crippen molar-refractivity contribution in [1.29, 1.82) is 0 Å². The molecule has 3 heterocycles. The van der Waals surface area contributed by atoms with Crippen molar-refractivity contribution in [2.45, 2.75) is 28.9 Å². The summed E-state index contributed by atoms with van der Waals surface area (Å²) in [4.78, 5) is 55.1. The number of carbonyl (C=O) groups is 3. The Morgan fingerprint density at radius 2 is 1.57 bits per heavy atom. The van der Waals surface area contributed by atoms with Crippen LogP contribution in [0.2, 0.25) is 5.02 Å². The lowest BCUT2D eigenvalue weighted by Gasteiger charge is -2.30. The highest BCUT2D eigenvalue weighted by atomic mass is 35.5. The molecule has 3 amide bonds. The second kappa shape index (κ2) is 11.4. The van der Waals surface area contributed by atoms with Gasteiger partial charge in [-0.15, -0.1) is 0 Å². The summed E-state index contributed by atoms with van der Waals surface area (Å²) in [6.07, 6.45) is -4.81. The van der Waals surface area contributed by atoms with Crippen LogP contribution in [0, 0.1) is 5.92 Å². The number of amides is 3. The molecule has 1 aromatic heterocycles. The van der Waals surface area contributed by atoms with Crippen LogP contribution in [0.1, 0.15) is 21.9 Å². The number of alkyl halides is 3. The zero-order valence-electron chi connectivity index (χ0n) is 23.5. The minimum atomic E-state index is -4.81. The van der Waals surface area contributed by atoms with E-state index in [0.29, 0.717) is 31.1 Å². The summed E-state index contributed by atoms with van der Waals surface area (Å²) in [5.41, 5.74) is -0.573. The molecular weight excluding hydrogens is 659 g/mol. The first-order valence-corrected chi connectivity index (χ1v) is 16.1.